The molecule has 1 aromatic heterocycles. The molecular weight excluding hydrogens is 188 g/mol. The monoisotopic (exact) mass is 202 g/mol. The number of aliphatic imine (C=N–C) groups is 1. The van der Waals surface area contributed by atoms with Crippen LogP contribution >= 0.6 is 0 Å². The highest BCUT2D eigenvalue weighted by Crippen LogP contribution is 2.29. The second-order valence-electron chi connectivity index (χ2n) is 3.56. The van der Waals surface area contributed by atoms with Gasteiger partial charge in [-0.25, -0.2) is 0 Å². The summed E-state index contributed by atoms with van der Waals surface area (Å²) >= 11 is 0. The number of nitrogens with zero attached hydrogens (tertiary/aromatic N) is 2. The summed E-state index contributed by atoms with van der Waals surface area (Å²) in [6.45, 7) is 0.188. The standard InChI is InChI=1S/C12H14N2O/c15-9-6-10-4-3-8-14-12(10)11-5-1-2-7-13-11/h1-5,7-8,10,12,15H,6,9H2. The van der Waals surface area contributed by atoms with Crippen molar-refractivity contribution in [2.75, 3.05) is 6.61 Å². The average molecular weight is 202 g/mol. The van der Waals surface area contributed by atoms with Gasteiger partial charge in [0.1, 0.15) is 0 Å². The van der Waals surface area contributed by atoms with Crippen molar-refractivity contribution in [2.24, 2.45) is 10.9 Å². The Balaban J connectivity index is 2.20. The van der Waals surface area contributed by atoms with Gasteiger partial charge >= 0.3 is 0 Å². The first kappa shape index (κ1) is 10.1. The Hall–Kier alpha value is -1.48. The minimum absolute atomic E-state index is 0.0587. The van der Waals surface area contributed by atoms with Crippen LogP contribution < -0.4 is 0 Å². The molecule has 78 valence electrons. The summed E-state index contributed by atoms with van der Waals surface area (Å²) in [5.41, 5.74) is 0.969. The van der Waals surface area contributed by atoms with Crippen LogP contribution in [0.5, 0.6) is 0 Å². The molecule has 3 heteroatoms. The van der Waals surface area contributed by atoms with Crippen LogP contribution in [0.4, 0.5) is 0 Å². The first-order chi connectivity index (χ1) is 7.42. The summed E-state index contributed by atoms with van der Waals surface area (Å²) in [7, 11) is 0. The summed E-state index contributed by atoms with van der Waals surface area (Å²) in [4.78, 5) is 8.72. The summed E-state index contributed by atoms with van der Waals surface area (Å²) < 4.78 is 0. The molecule has 1 aliphatic heterocycles. The Kier molecular flexibility index (Phi) is 3.25. The SMILES string of the molecule is OCCC1C=CC=NC1c1ccccn1. The van der Waals surface area contributed by atoms with Gasteiger partial charge < -0.3 is 5.11 Å². The molecule has 0 radical (unpaired) electrons. The molecule has 1 aliphatic rings. The van der Waals surface area contributed by atoms with Gasteiger partial charge in [-0.05, 0) is 24.6 Å². The summed E-state index contributed by atoms with van der Waals surface area (Å²) in [5, 5.41) is 8.98. The quantitative estimate of drug-likeness (QED) is 0.811. The second kappa shape index (κ2) is 4.84. The maximum absolute atomic E-state index is 8.98. The average Bonchev–Trinajstić information content (AvgIpc) is 2.31. The van der Waals surface area contributed by atoms with E-state index in [9.17, 15) is 0 Å². The molecule has 0 saturated carbocycles. The third-order valence-corrected chi connectivity index (χ3v) is 2.55. The van der Waals surface area contributed by atoms with Crippen molar-refractivity contribution >= 4 is 6.21 Å². The number of aliphatic hydroxyl groups excluding tert-OH is 1. The van der Waals surface area contributed by atoms with E-state index in [2.05, 4.69) is 16.1 Å². The molecule has 15 heavy (non-hydrogen) atoms. The zero-order valence-corrected chi connectivity index (χ0v) is 8.45. The summed E-state index contributed by atoms with van der Waals surface area (Å²) in [5.74, 6) is 0.259. The molecule has 0 amide bonds. The van der Waals surface area contributed by atoms with Crippen LogP contribution in [-0.2, 0) is 0 Å². The van der Waals surface area contributed by atoms with E-state index >= 15 is 0 Å². The topological polar surface area (TPSA) is 45.5 Å². The lowest BCUT2D eigenvalue weighted by Gasteiger charge is -2.22. The fourth-order valence-electron chi connectivity index (χ4n) is 1.80. The van der Waals surface area contributed by atoms with Crippen LogP contribution in [-0.4, -0.2) is 22.9 Å². The summed E-state index contributed by atoms with van der Waals surface area (Å²) in [6.07, 6.45) is 8.32. The van der Waals surface area contributed by atoms with Gasteiger partial charge in [0.05, 0.1) is 11.7 Å². The zero-order valence-electron chi connectivity index (χ0n) is 8.45. The van der Waals surface area contributed by atoms with E-state index in [1.165, 1.54) is 0 Å². The minimum Gasteiger partial charge on any atom is -0.396 e. The lowest BCUT2D eigenvalue weighted by molar-refractivity contribution is 0.259. The molecule has 1 aromatic rings. The summed E-state index contributed by atoms with van der Waals surface area (Å²) in [6, 6.07) is 5.90. The maximum atomic E-state index is 8.98. The van der Waals surface area contributed by atoms with Crippen LogP contribution in [0.1, 0.15) is 18.2 Å². The van der Waals surface area contributed by atoms with E-state index in [1.807, 2.05) is 24.3 Å². The van der Waals surface area contributed by atoms with Crippen molar-refractivity contribution in [3.63, 3.8) is 0 Å². The van der Waals surface area contributed by atoms with Crippen molar-refractivity contribution in [3.05, 3.63) is 42.2 Å². The van der Waals surface area contributed by atoms with Gasteiger partial charge in [0, 0.05) is 24.9 Å². The third kappa shape index (κ3) is 2.30. The Labute approximate surface area is 89.2 Å². The molecule has 2 heterocycles. The van der Waals surface area contributed by atoms with Gasteiger partial charge in [0.2, 0.25) is 0 Å². The molecule has 0 aromatic carbocycles. The molecule has 1 N–H and O–H groups in total. The number of hydrogen-bond donors (Lipinski definition) is 1. The van der Waals surface area contributed by atoms with Crippen molar-refractivity contribution in [3.8, 4) is 0 Å². The van der Waals surface area contributed by atoms with E-state index < -0.39 is 0 Å². The molecule has 2 atom stereocenters. The minimum atomic E-state index is 0.0587. The van der Waals surface area contributed by atoms with Gasteiger partial charge in [-0.3, -0.25) is 9.98 Å². The normalized spacial score (nSPS) is 24.3. The Morgan fingerprint density at radius 2 is 2.27 bits per heavy atom. The lowest BCUT2D eigenvalue weighted by atomic mass is 9.92. The maximum Gasteiger partial charge on any atom is 0.0982 e. The Bertz CT molecular complexity index is 359. The zero-order chi connectivity index (χ0) is 10.5. The highest BCUT2D eigenvalue weighted by molar-refractivity contribution is 5.72. The van der Waals surface area contributed by atoms with E-state index in [0.717, 1.165) is 12.1 Å². The van der Waals surface area contributed by atoms with E-state index in [1.54, 1.807) is 12.4 Å². The molecule has 0 aliphatic carbocycles. The smallest absolute Gasteiger partial charge is 0.0982 e. The van der Waals surface area contributed by atoms with Crippen molar-refractivity contribution in [1.29, 1.82) is 0 Å². The molecule has 0 bridgehead atoms. The van der Waals surface area contributed by atoms with Crippen LogP contribution in [0.15, 0.2) is 41.5 Å². The number of allylic oxidation sites excluding steroid dienone is 1. The first-order valence-corrected chi connectivity index (χ1v) is 5.13. The number of aliphatic hydroxyl groups is 1. The molecule has 2 rings (SSSR count). The Morgan fingerprint density at radius 3 is 3.00 bits per heavy atom. The van der Waals surface area contributed by atoms with Crippen molar-refractivity contribution in [1.82, 2.24) is 4.98 Å². The first-order valence-electron chi connectivity index (χ1n) is 5.13. The number of hydrogen-bond acceptors (Lipinski definition) is 3. The van der Waals surface area contributed by atoms with Gasteiger partial charge in [0.25, 0.3) is 0 Å². The fourth-order valence-corrected chi connectivity index (χ4v) is 1.80. The molecule has 2 unspecified atom stereocenters. The van der Waals surface area contributed by atoms with Gasteiger partial charge in [-0.15, -0.1) is 0 Å². The molecule has 0 spiro atoms. The van der Waals surface area contributed by atoms with E-state index in [-0.39, 0.29) is 18.6 Å². The van der Waals surface area contributed by atoms with Gasteiger partial charge in [0.15, 0.2) is 0 Å². The molecule has 3 nitrogen and oxygen atoms in total. The van der Waals surface area contributed by atoms with Crippen molar-refractivity contribution in [2.45, 2.75) is 12.5 Å². The predicted octanol–water partition coefficient (Wildman–Crippen LogP) is 1.76. The fraction of sp³-hybridized carbons (Fsp3) is 0.333. The lowest BCUT2D eigenvalue weighted by Crippen LogP contribution is -2.14. The number of pyridine rings is 1. The highest BCUT2D eigenvalue weighted by atomic mass is 16.3. The van der Waals surface area contributed by atoms with Gasteiger partial charge in [-0.1, -0.05) is 12.1 Å². The molecule has 0 fully saturated rings. The number of aromatic nitrogens is 1. The third-order valence-electron chi connectivity index (χ3n) is 2.55. The van der Waals surface area contributed by atoms with E-state index in [0.29, 0.717) is 0 Å². The van der Waals surface area contributed by atoms with E-state index in [4.69, 9.17) is 5.11 Å². The second-order valence-corrected chi connectivity index (χ2v) is 3.56. The largest absolute Gasteiger partial charge is 0.396 e. The molecular formula is C12H14N2O. The van der Waals surface area contributed by atoms with Crippen molar-refractivity contribution < 1.29 is 5.11 Å². The van der Waals surface area contributed by atoms with Crippen LogP contribution in [0, 0.1) is 5.92 Å². The molecule has 0 saturated heterocycles. The van der Waals surface area contributed by atoms with Crippen LogP contribution in [0.25, 0.3) is 0 Å². The predicted molar refractivity (Wildman–Crippen MR) is 59.8 cm³/mol. The van der Waals surface area contributed by atoms with Gasteiger partial charge in [-0.2, -0.15) is 0 Å². The number of rotatable bonds is 3. The highest BCUT2D eigenvalue weighted by Gasteiger charge is 2.21. The number of dihydropyridines is 1. The van der Waals surface area contributed by atoms with Crippen LogP contribution in [0.3, 0.4) is 0 Å². The van der Waals surface area contributed by atoms with Crippen LogP contribution in [0.2, 0.25) is 0 Å². The Morgan fingerprint density at radius 1 is 1.33 bits per heavy atom.